The molecule has 0 aliphatic carbocycles. The third-order valence-corrected chi connectivity index (χ3v) is 5.55. The number of rotatable bonds is 5. The molecule has 118 valence electrons. The van der Waals surface area contributed by atoms with E-state index in [1.54, 1.807) is 0 Å². The van der Waals surface area contributed by atoms with Gasteiger partial charge in [0.25, 0.3) is 0 Å². The van der Waals surface area contributed by atoms with Gasteiger partial charge in [-0.3, -0.25) is 4.90 Å². The molecule has 0 saturated carbocycles. The average Bonchev–Trinajstić information content (AvgIpc) is 2.48. The zero-order valence-corrected chi connectivity index (χ0v) is 13.6. The molecule has 2 rings (SSSR count). The number of likely N-dealkylation sites (N-methyl/N-ethyl adjacent to an activating group) is 1. The Kier molecular flexibility index (Phi) is 5.13. The van der Waals surface area contributed by atoms with Gasteiger partial charge in [0.1, 0.15) is 4.90 Å². The molecule has 0 aromatic carbocycles. The SMILES string of the molecule is CCNc1ncc(S(=O)(=O)N2CCN(CC)C(C)C2)cn1. The molecule has 1 aliphatic heterocycles. The van der Waals surface area contributed by atoms with Crippen LogP contribution in [0.25, 0.3) is 0 Å². The van der Waals surface area contributed by atoms with Crippen LogP contribution in [-0.4, -0.2) is 66.4 Å². The summed E-state index contributed by atoms with van der Waals surface area (Å²) >= 11 is 0. The van der Waals surface area contributed by atoms with E-state index < -0.39 is 10.0 Å². The summed E-state index contributed by atoms with van der Waals surface area (Å²) in [6.45, 7) is 9.48. The van der Waals surface area contributed by atoms with Gasteiger partial charge in [-0.05, 0) is 20.4 Å². The van der Waals surface area contributed by atoms with Crippen LogP contribution in [0, 0.1) is 0 Å². The van der Waals surface area contributed by atoms with Gasteiger partial charge in [-0.2, -0.15) is 4.31 Å². The molecule has 1 aromatic rings. The van der Waals surface area contributed by atoms with E-state index in [1.807, 2.05) is 6.92 Å². The lowest BCUT2D eigenvalue weighted by Crippen LogP contribution is -2.53. The van der Waals surface area contributed by atoms with Gasteiger partial charge in [0.2, 0.25) is 16.0 Å². The Morgan fingerprint density at radius 2 is 1.95 bits per heavy atom. The van der Waals surface area contributed by atoms with Gasteiger partial charge in [-0.1, -0.05) is 6.92 Å². The van der Waals surface area contributed by atoms with E-state index in [-0.39, 0.29) is 10.9 Å². The van der Waals surface area contributed by atoms with Crippen molar-refractivity contribution in [1.29, 1.82) is 0 Å². The van der Waals surface area contributed by atoms with Crippen LogP contribution in [0.15, 0.2) is 17.3 Å². The van der Waals surface area contributed by atoms with Crippen LogP contribution in [0.1, 0.15) is 20.8 Å². The van der Waals surface area contributed by atoms with Crippen molar-refractivity contribution in [3.63, 3.8) is 0 Å². The fourth-order valence-electron chi connectivity index (χ4n) is 2.50. The van der Waals surface area contributed by atoms with Crippen LogP contribution in [0.4, 0.5) is 5.95 Å². The highest BCUT2D eigenvalue weighted by Crippen LogP contribution is 2.19. The summed E-state index contributed by atoms with van der Waals surface area (Å²) in [5.74, 6) is 0.445. The average molecular weight is 313 g/mol. The maximum Gasteiger partial charge on any atom is 0.246 e. The lowest BCUT2D eigenvalue weighted by molar-refractivity contribution is 0.135. The molecule has 0 spiro atoms. The molecule has 1 unspecified atom stereocenters. The molecule has 1 atom stereocenters. The lowest BCUT2D eigenvalue weighted by Gasteiger charge is -2.38. The minimum Gasteiger partial charge on any atom is -0.355 e. The molecule has 0 radical (unpaired) electrons. The standard InChI is InChI=1S/C13H23N5O2S/c1-4-14-13-15-8-12(9-16-13)21(19,20)18-7-6-17(5-2)11(3)10-18/h8-9,11H,4-7,10H2,1-3H3,(H,14,15,16). The first-order valence-corrected chi connectivity index (χ1v) is 8.73. The molecule has 7 nitrogen and oxygen atoms in total. The van der Waals surface area contributed by atoms with Gasteiger partial charge >= 0.3 is 0 Å². The summed E-state index contributed by atoms with van der Waals surface area (Å²) in [5, 5.41) is 2.95. The van der Waals surface area contributed by atoms with Gasteiger partial charge in [-0.15, -0.1) is 0 Å². The lowest BCUT2D eigenvalue weighted by atomic mass is 10.2. The molecule has 0 amide bonds. The number of hydrogen-bond acceptors (Lipinski definition) is 6. The Morgan fingerprint density at radius 3 is 2.48 bits per heavy atom. The number of nitrogens with zero attached hydrogens (tertiary/aromatic N) is 4. The van der Waals surface area contributed by atoms with E-state index in [4.69, 9.17) is 0 Å². The van der Waals surface area contributed by atoms with Crippen molar-refractivity contribution >= 4 is 16.0 Å². The highest BCUT2D eigenvalue weighted by Gasteiger charge is 2.32. The first-order chi connectivity index (χ1) is 9.98. The van der Waals surface area contributed by atoms with Crippen LogP contribution in [0.3, 0.4) is 0 Å². The predicted molar refractivity (Wildman–Crippen MR) is 81.7 cm³/mol. The number of sulfonamides is 1. The summed E-state index contributed by atoms with van der Waals surface area (Å²) in [4.78, 5) is 10.5. The highest BCUT2D eigenvalue weighted by molar-refractivity contribution is 7.89. The van der Waals surface area contributed by atoms with Crippen LogP contribution >= 0.6 is 0 Å². The van der Waals surface area contributed by atoms with Gasteiger partial charge in [0.05, 0.1) is 12.4 Å². The quantitative estimate of drug-likeness (QED) is 0.859. The molecule has 1 aromatic heterocycles. The fraction of sp³-hybridized carbons (Fsp3) is 0.692. The Hall–Kier alpha value is -1.25. The molecule has 1 N–H and O–H groups in total. The van der Waals surface area contributed by atoms with Crippen LogP contribution in [0.2, 0.25) is 0 Å². The molecule has 1 saturated heterocycles. The molecule has 21 heavy (non-hydrogen) atoms. The monoisotopic (exact) mass is 313 g/mol. The molecule has 2 heterocycles. The van der Waals surface area contributed by atoms with E-state index in [1.165, 1.54) is 16.7 Å². The van der Waals surface area contributed by atoms with Crippen molar-refractivity contribution in [2.75, 3.05) is 38.0 Å². The largest absolute Gasteiger partial charge is 0.355 e. The summed E-state index contributed by atoms with van der Waals surface area (Å²) in [6, 6.07) is 0.223. The zero-order valence-electron chi connectivity index (χ0n) is 12.8. The molecule has 1 aliphatic rings. The zero-order chi connectivity index (χ0) is 15.5. The third-order valence-electron chi connectivity index (χ3n) is 3.73. The van der Waals surface area contributed by atoms with E-state index in [0.717, 1.165) is 13.1 Å². The van der Waals surface area contributed by atoms with Crippen LogP contribution in [0.5, 0.6) is 0 Å². The molecule has 8 heteroatoms. The van der Waals surface area contributed by atoms with Gasteiger partial charge in [0.15, 0.2) is 0 Å². The Bertz CT molecular complexity index is 560. The van der Waals surface area contributed by atoms with Gasteiger partial charge in [0, 0.05) is 32.2 Å². The van der Waals surface area contributed by atoms with Crippen molar-refractivity contribution in [2.24, 2.45) is 0 Å². The number of anilines is 1. The molecule has 1 fully saturated rings. The Balaban J connectivity index is 2.14. The van der Waals surface area contributed by atoms with Gasteiger partial charge < -0.3 is 5.32 Å². The summed E-state index contributed by atoms with van der Waals surface area (Å²) in [7, 11) is -3.50. The second-order valence-electron chi connectivity index (χ2n) is 5.11. The summed E-state index contributed by atoms with van der Waals surface area (Å²) < 4.78 is 26.7. The maximum atomic E-state index is 12.6. The number of nitrogens with one attached hydrogen (secondary N) is 1. The minimum atomic E-state index is -3.50. The Morgan fingerprint density at radius 1 is 1.29 bits per heavy atom. The van der Waals surface area contributed by atoms with E-state index in [2.05, 4.69) is 34.0 Å². The first kappa shape index (κ1) is 16.1. The smallest absolute Gasteiger partial charge is 0.246 e. The van der Waals surface area contributed by atoms with E-state index in [0.29, 0.717) is 25.6 Å². The normalized spacial score (nSPS) is 21.4. The summed E-state index contributed by atoms with van der Waals surface area (Å²) in [5.41, 5.74) is 0. The second kappa shape index (κ2) is 6.67. The van der Waals surface area contributed by atoms with Crippen molar-refractivity contribution in [3.05, 3.63) is 12.4 Å². The van der Waals surface area contributed by atoms with E-state index >= 15 is 0 Å². The number of piperazine rings is 1. The molecular formula is C13H23N5O2S. The van der Waals surface area contributed by atoms with Crippen LogP contribution < -0.4 is 5.32 Å². The fourth-order valence-corrected chi connectivity index (χ4v) is 3.90. The molecule has 0 bridgehead atoms. The van der Waals surface area contributed by atoms with Gasteiger partial charge in [-0.25, -0.2) is 18.4 Å². The van der Waals surface area contributed by atoms with Crippen LogP contribution in [-0.2, 0) is 10.0 Å². The van der Waals surface area contributed by atoms with Crippen molar-refractivity contribution in [3.8, 4) is 0 Å². The Labute approximate surface area is 126 Å². The maximum absolute atomic E-state index is 12.6. The first-order valence-electron chi connectivity index (χ1n) is 7.29. The number of aromatic nitrogens is 2. The number of hydrogen-bond donors (Lipinski definition) is 1. The molecular weight excluding hydrogens is 290 g/mol. The van der Waals surface area contributed by atoms with E-state index in [9.17, 15) is 8.42 Å². The minimum absolute atomic E-state index is 0.154. The van der Waals surface area contributed by atoms with Crippen molar-refractivity contribution < 1.29 is 8.42 Å². The summed E-state index contributed by atoms with van der Waals surface area (Å²) in [6.07, 6.45) is 2.74. The van der Waals surface area contributed by atoms with Crippen molar-refractivity contribution in [2.45, 2.75) is 31.7 Å². The third kappa shape index (κ3) is 3.50. The highest BCUT2D eigenvalue weighted by atomic mass is 32.2. The van der Waals surface area contributed by atoms with Crippen molar-refractivity contribution in [1.82, 2.24) is 19.2 Å². The second-order valence-corrected chi connectivity index (χ2v) is 7.05. The topological polar surface area (TPSA) is 78.4 Å². The predicted octanol–water partition coefficient (Wildman–Crippen LogP) is 0.623.